The molecule has 1 aromatic carbocycles. The van der Waals surface area contributed by atoms with Gasteiger partial charge in [0, 0.05) is 18.0 Å². The van der Waals surface area contributed by atoms with Gasteiger partial charge in [0.2, 0.25) is 5.91 Å². The zero-order chi connectivity index (χ0) is 17.4. The van der Waals surface area contributed by atoms with Crippen LogP contribution in [0.5, 0.6) is 0 Å². The lowest BCUT2D eigenvalue weighted by molar-refractivity contribution is -0.148. The molecule has 1 aliphatic heterocycles. The minimum Gasteiger partial charge on any atom is -0.456 e. The molecule has 2 amide bonds. The normalized spacial score (nSPS) is 13.0. The highest BCUT2D eigenvalue weighted by Gasteiger charge is 2.24. The molecule has 0 radical (unpaired) electrons. The van der Waals surface area contributed by atoms with Crippen LogP contribution in [-0.2, 0) is 19.1 Å². The van der Waals surface area contributed by atoms with Gasteiger partial charge in [-0.15, -0.1) is 11.8 Å². The molecular formula is C16H17N3O4S. The third-order valence-corrected chi connectivity index (χ3v) is 4.32. The molecular weight excluding hydrogens is 330 g/mol. The number of carbonyl (C=O) groups excluding carboxylic acids is 3. The highest BCUT2D eigenvalue weighted by atomic mass is 32.2. The fraction of sp³-hybridized carbons (Fsp3) is 0.375. The summed E-state index contributed by atoms with van der Waals surface area (Å²) in [5, 5.41) is 10.8. The summed E-state index contributed by atoms with van der Waals surface area (Å²) in [4.78, 5) is 37.7. The van der Waals surface area contributed by atoms with Crippen molar-refractivity contribution in [3.63, 3.8) is 0 Å². The van der Waals surface area contributed by atoms with Crippen molar-refractivity contribution in [2.75, 3.05) is 30.3 Å². The van der Waals surface area contributed by atoms with Crippen molar-refractivity contribution in [2.45, 2.75) is 17.7 Å². The molecule has 0 saturated heterocycles. The van der Waals surface area contributed by atoms with E-state index in [0.717, 1.165) is 10.6 Å². The van der Waals surface area contributed by atoms with E-state index in [1.807, 2.05) is 30.3 Å². The van der Waals surface area contributed by atoms with E-state index in [2.05, 4.69) is 5.32 Å². The number of amides is 2. The molecule has 1 heterocycles. The molecule has 2 rings (SSSR count). The van der Waals surface area contributed by atoms with Crippen LogP contribution in [0.3, 0.4) is 0 Å². The Morgan fingerprint density at radius 2 is 2.17 bits per heavy atom. The number of thioether (sulfide) groups is 1. The molecule has 0 aliphatic carbocycles. The number of benzene rings is 1. The molecule has 126 valence electrons. The summed E-state index contributed by atoms with van der Waals surface area (Å²) in [6.07, 6.45) is 0.213. The van der Waals surface area contributed by atoms with Crippen LogP contribution in [0.1, 0.15) is 12.8 Å². The minimum atomic E-state index is -0.547. The van der Waals surface area contributed by atoms with Crippen LogP contribution in [0.15, 0.2) is 29.2 Å². The number of esters is 1. The highest BCUT2D eigenvalue weighted by molar-refractivity contribution is 8.00. The number of rotatable bonds is 7. The number of carbonyl (C=O) groups is 3. The molecule has 0 spiro atoms. The van der Waals surface area contributed by atoms with E-state index in [0.29, 0.717) is 5.75 Å². The van der Waals surface area contributed by atoms with E-state index in [1.165, 1.54) is 11.8 Å². The molecule has 1 N–H and O–H groups in total. The first kappa shape index (κ1) is 17.8. The second-order valence-electron chi connectivity index (χ2n) is 4.97. The molecule has 1 aromatic rings. The van der Waals surface area contributed by atoms with Gasteiger partial charge >= 0.3 is 5.97 Å². The maximum absolute atomic E-state index is 12.0. The van der Waals surface area contributed by atoms with Crippen molar-refractivity contribution in [2.24, 2.45) is 0 Å². The van der Waals surface area contributed by atoms with Gasteiger partial charge in [-0.25, -0.2) is 0 Å². The Morgan fingerprint density at radius 3 is 2.96 bits per heavy atom. The molecule has 0 bridgehead atoms. The standard InChI is InChI=1S/C16H17N3O4S/c17-7-3-8-18-14(20)10-23-16(22)6-9-19-12-4-1-2-5-13(12)24-11-15(19)21/h1-2,4-5H,3,6,8-11H2,(H,18,20). The smallest absolute Gasteiger partial charge is 0.308 e. The molecule has 7 nitrogen and oxygen atoms in total. The number of fused-ring (bicyclic) bond motifs is 1. The van der Waals surface area contributed by atoms with Gasteiger partial charge < -0.3 is 15.0 Å². The van der Waals surface area contributed by atoms with Crippen molar-refractivity contribution >= 4 is 35.2 Å². The van der Waals surface area contributed by atoms with Gasteiger partial charge in [-0.2, -0.15) is 5.26 Å². The Balaban J connectivity index is 1.79. The summed E-state index contributed by atoms with van der Waals surface area (Å²) in [5.41, 5.74) is 0.792. The molecule has 8 heteroatoms. The van der Waals surface area contributed by atoms with Gasteiger partial charge in [0.25, 0.3) is 5.91 Å². The first-order valence-corrected chi connectivity index (χ1v) is 8.42. The molecule has 24 heavy (non-hydrogen) atoms. The minimum absolute atomic E-state index is 0.0101. The molecule has 1 aliphatic rings. The van der Waals surface area contributed by atoms with Crippen LogP contribution in [-0.4, -0.2) is 43.2 Å². The van der Waals surface area contributed by atoms with Crippen LogP contribution in [0, 0.1) is 11.3 Å². The lowest BCUT2D eigenvalue weighted by atomic mass is 10.2. The third kappa shape index (κ3) is 4.99. The van der Waals surface area contributed by atoms with Gasteiger partial charge in [-0.05, 0) is 12.1 Å². The summed E-state index contributed by atoms with van der Waals surface area (Å²) >= 11 is 1.48. The third-order valence-electron chi connectivity index (χ3n) is 3.27. The van der Waals surface area contributed by atoms with Gasteiger partial charge in [0.15, 0.2) is 6.61 Å². The number of nitriles is 1. The number of para-hydroxylation sites is 1. The fourth-order valence-electron chi connectivity index (χ4n) is 2.13. The van der Waals surface area contributed by atoms with E-state index >= 15 is 0 Å². The van der Waals surface area contributed by atoms with Crippen molar-refractivity contribution < 1.29 is 19.1 Å². The van der Waals surface area contributed by atoms with Crippen LogP contribution in [0.25, 0.3) is 0 Å². The van der Waals surface area contributed by atoms with E-state index in [1.54, 1.807) is 4.90 Å². The second kappa shape index (κ2) is 8.93. The molecule has 0 saturated carbocycles. The Kier molecular flexibility index (Phi) is 6.63. The van der Waals surface area contributed by atoms with Crippen LogP contribution in [0.4, 0.5) is 5.69 Å². The second-order valence-corrected chi connectivity index (χ2v) is 5.99. The summed E-state index contributed by atoms with van der Waals surface area (Å²) in [6, 6.07) is 9.41. The number of anilines is 1. The zero-order valence-electron chi connectivity index (χ0n) is 13.0. The quantitative estimate of drug-likeness (QED) is 0.585. The fourth-order valence-corrected chi connectivity index (χ4v) is 3.06. The lowest BCUT2D eigenvalue weighted by Crippen LogP contribution is -2.37. The predicted molar refractivity (Wildman–Crippen MR) is 88.3 cm³/mol. The Labute approximate surface area is 143 Å². The number of ether oxygens (including phenoxy) is 1. The Bertz CT molecular complexity index is 672. The van der Waals surface area contributed by atoms with Crippen molar-refractivity contribution in [3.8, 4) is 6.07 Å². The van der Waals surface area contributed by atoms with E-state index in [4.69, 9.17) is 10.00 Å². The number of nitrogens with one attached hydrogen (secondary N) is 1. The van der Waals surface area contributed by atoms with Gasteiger partial charge in [0.05, 0.1) is 30.4 Å². The van der Waals surface area contributed by atoms with Crippen molar-refractivity contribution in [1.29, 1.82) is 5.26 Å². The maximum atomic E-state index is 12.0. The number of hydrogen-bond donors (Lipinski definition) is 1. The molecule has 0 unspecified atom stereocenters. The molecule has 0 atom stereocenters. The Hall–Kier alpha value is -2.53. The highest BCUT2D eigenvalue weighted by Crippen LogP contribution is 2.34. The summed E-state index contributed by atoms with van der Waals surface area (Å²) in [5.74, 6) is -0.711. The first-order chi connectivity index (χ1) is 11.6. The predicted octanol–water partition coefficient (Wildman–Crippen LogP) is 1.09. The summed E-state index contributed by atoms with van der Waals surface area (Å²) in [6.45, 7) is 0.0551. The van der Waals surface area contributed by atoms with E-state index < -0.39 is 11.9 Å². The monoisotopic (exact) mass is 347 g/mol. The van der Waals surface area contributed by atoms with Crippen molar-refractivity contribution in [3.05, 3.63) is 24.3 Å². The van der Waals surface area contributed by atoms with Crippen LogP contribution in [0.2, 0.25) is 0 Å². The van der Waals surface area contributed by atoms with Gasteiger partial charge in [0.1, 0.15) is 0 Å². The van der Waals surface area contributed by atoms with Crippen LogP contribution >= 0.6 is 11.8 Å². The topological polar surface area (TPSA) is 99.5 Å². The van der Waals surface area contributed by atoms with Crippen molar-refractivity contribution in [1.82, 2.24) is 5.32 Å². The SMILES string of the molecule is N#CCCNC(=O)COC(=O)CCN1C(=O)CSc2ccccc21. The van der Waals surface area contributed by atoms with Gasteiger partial charge in [-0.3, -0.25) is 14.4 Å². The number of hydrogen-bond acceptors (Lipinski definition) is 6. The van der Waals surface area contributed by atoms with Crippen LogP contribution < -0.4 is 10.2 Å². The van der Waals surface area contributed by atoms with E-state index in [-0.39, 0.29) is 38.4 Å². The van der Waals surface area contributed by atoms with E-state index in [9.17, 15) is 14.4 Å². The summed E-state index contributed by atoms with van der Waals surface area (Å²) < 4.78 is 4.87. The largest absolute Gasteiger partial charge is 0.456 e. The van der Waals surface area contributed by atoms with Gasteiger partial charge in [-0.1, -0.05) is 12.1 Å². The zero-order valence-corrected chi connectivity index (χ0v) is 13.8. The molecule has 0 fully saturated rings. The lowest BCUT2D eigenvalue weighted by Gasteiger charge is -2.28. The Morgan fingerprint density at radius 1 is 1.38 bits per heavy atom. The maximum Gasteiger partial charge on any atom is 0.308 e. The number of nitrogens with zero attached hydrogens (tertiary/aromatic N) is 2. The first-order valence-electron chi connectivity index (χ1n) is 7.43. The average molecular weight is 347 g/mol. The average Bonchev–Trinajstić information content (AvgIpc) is 2.59. The molecule has 0 aromatic heterocycles. The summed E-state index contributed by atoms with van der Waals surface area (Å²) in [7, 11) is 0.